The molecule has 0 spiro atoms. The zero-order valence-corrected chi connectivity index (χ0v) is 15.2. The number of urea groups is 1. The third kappa shape index (κ3) is 5.74. The molecule has 6 nitrogen and oxygen atoms in total. The summed E-state index contributed by atoms with van der Waals surface area (Å²) >= 11 is 0. The second kappa shape index (κ2) is 9.27. The highest BCUT2D eigenvalue weighted by atomic mass is 19.1. The van der Waals surface area contributed by atoms with Crippen LogP contribution in [-0.4, -0.2) is 24.3 Å². The molecule has 7 heteroatoms. The third-order valence-corrected chi connectivity index (χ3v) is 3.88. The lowest BCUT2D eigenvalue weighted by Crippen LogP contribution is -2.37. The van der Waals surface area contributed by atoms with Gasteiger partial charge < -0.3 is 10.1 Å². The summed E-state index contributed by atoms with van der Waals surface area (Å²) in [4.78, 5) is 35.9. The average Bonchev–Trinajstić information content (AvgIpc) is 2.73. The van der Waals surface area contributed by atoms with Crippen LogP contribution in [0.5, 0.6) is 5.75 Å². The standard InChI is InChI=1S/C22H17FN2O4/c23-17-10-6-15(7-11-17)21(27)16-8-12-19(13-9-16)29-14-20(26)25-22(28)24-18-4-2-1-3-5-18/h1-13H,14H2,(H2,24,25,26,28). The van der Waals surface area contributed by atoms with E-state index in [1.807, 2.05) is 0 Å². The summed E-state index contributed by atoms with van der Waals surface area (Å²) in [6.45, 7) is -0.368. The van der Waals surface area contributed by atoms with Gasteiger partial charge >= 0.3 is 6.03 Å². The highest BCUT2D eigenvalue weighted by Crippen LogP contribution is 2.16. The third-order valence-electron chi connectivity index (χ3n) is 3.88. The first-order valence-corrected chi connectivity index (χ1v) is 8.70. The van der Waals surface area contributed by atoms with Gasteiger partial charge in [-0.05, 0) is 60.7 Å². The number of nitrogens with one attached hydrogen (secondary N) is 2. The maximum Gasteiger partial charge on any atom is 0.325 e. The van der Waals surface area contributed by atoms with Crippen LogP contribution in [0.1, 0.15) is 15.9 Å². The maximum atomic E-state index is 13.0. The largest absolute Gasteiger partial charge is 0.484 e. The van der Waals surface area contributed by atoms with Gasteiger partial charge in [0.15, 0.2) is 12.4 Å². The van der Waals surface area contributed by atoms with Crippen molar-refractivity contribution >= 4 is 23.4 Å². The van der Waals surface area contributed by atoms with Crippen molar-refractivity contribution in [1.29, 1.82) is 0 Å². The van der Waals surface area contributed by atoms with Gasteiger partial charge in [0.05, 0.1) is 0 Å². The number of halogens is 1. The molecule has 0 aliphatic carbocycles. The highest BCUT2D eigenvalue weighted by Gasteiger charge is 2.11. The lowest BCUT2D eigenvalue weighted by Gasteiger charge is -2.08. The molecule has 0 fully saturated rings. The Labute approximate surface area is 166 Å². The molecule has 146 valence electrons. The van der Waals surface area contributed by atoms with Crippen LogP contribution in [0.4, 0.5) is 14.9 Å². The number of para-hydroxylation sites is 1. The van der Waals surface area contributed by atoms with Crippen molar-refractivity contribution in [3.8, 4) is 5.75 Å². The van der Waals surface area contributed by atoms with Crippen LogP contribution in [0.25, 0.3) is 0 Å². The van der Waals surface area contributed by atoms with Crippen LogP contribution in [0.3, 0.4) is 0 Å². The van der Waals surface area contributed by atoms with E-state index in [4.69, 9.17) is 4.74 Å². The van der Waals surface area contributed by atoms with Crippen molar-refractivity contribution in [3.05, 3.63) is 95.8 Å². The molecule has 0 aliphatic heterocycles. The lowest BCUT2D eigenvalue weighted by molar-refractivity contribution is -0.121. The molecule has 0 heterocycles. The van der Waals surface area contributed by atoms with Gasteiger partial charge in [0.2, 0.25) is 0 Å². The van der Waals surface area contributed by atoms with Crippen LogP contribution in [0.15, 0.2) is 78.9 Å². The molecular weight excluding hydrogens is 375 g/mol. The highest BCUT2D eigenvalue weighted by molar-refractivity contribution is 6.09. The number of imide groups is 1. The van der Waals surface area contributed by atoms with Gasteiger partial charge in [0.25, 0.3) is 5.91 Å². The summed E-state index contributed by atoms with van der Waals surface area (Å²) in [6.07, 6.45) is 0. The Hall–Kier alpha value is -4.00. The van der Waals surface area contributed by atoms with E-state index in [9.17, 15) is 18.8 Å². The lowest BCUT2D eigenvalue weighted by atomic mass is 10.0. The summed E-state index contributed by atoms with van der Waals surface area (Å²) in [5.74, 6) is -0.933. The fourth-order valence-electron chi connectivity index (χ4n) is 2.47. The molecule has 3 aromatic rings. The Kier molecular flexibility index (Phi) is 6.32. The first-order valence-electron chi connectivity index (χ1n) is 8.70. The van der Waals surface area contributed by atoms with Gasteiger partial charge in [-0.1, -0.05) is 18.2 Å². The number of rotatable bonds is 6. The zero-order chi connectivity index (χ0) is 20.6. The van der Waals surface area contributed by atoms with Crippen molar-refractivity contribution in [2.24, 2.45) is 0 Å². The van der Waals surface area contributed by atoms with Gasteiger partial charge in [0.1, 0.15) is 11.6 Å². The number of hydrogen-bond acceptors (Lipinski definition) is 4. The van der Waals surface area contributed by atoms with Crippen molar-refractivity contribution in [3.63, 3.8) is 0 Å². The summed E-state index contributed by atoms with van der Waals surface area (Å²) in [6, 6.07) is 19.4. The smallest absolute Gasteiger partial charge is 0.325 e. The fraction of sp³-hybridized carbons (Fsp3) is 0.0455. The normalized spacial score (nSPS) is 10.1. The summed E-state index contributed by atoms with van der Waals surface area (Å²) in [7, 11) is 0. The minimum absolute atomic E-state index is 0.258. The molecule has 0 saturated carbocycles. The molecule has 29 heavy (non-hydrogen) atoms. The van der Waals surface area contributed by atoms with Crippen molar-refractivity contribution in [2.45, 2.75) is 0 Å². The van der Waals surface area contributed by atoms with Crippen LogP contribution < -0.4 is 15.4 Å². The number of carbonyl (C=O) groups is 3. The molecule has 2 N–H and O–H groups in total. The van der Waals surface area contributed by atoms with Gasteiger partial charge in [-0.3, -0.25) is 14.9 Å². The minimum Gasteiger partial charge on any atom is -0.484 e. The minimum atomic E-state index is -0.662. The first kappa shape index (κ1) is 19.8. The topological polar surface area (TPSA) is 84.5 Å². The van der Waals surface area contributed by atoms with Crippen LogP contribution in [0.2, 0.25) is 0 Å². The molecule has 0 bridgehead atoms. The molecule has 3 aromatic carbocycles. The monoisotopic (exact) mass is 392 g/mol. The van der Waals surface area contributed by atoms with Gasteiger partial charge in [-0.15, -0.1) is 0 Å². The number of ketones is 1. The second-order valence-electron chi connectivity index (χ2n) is 6.02. The Morgan fingerprint density at radius 3 is 2.00 bits per heavy atom. The quantitative estimate of drug-likeness (QED) is 0.625. The van der Waals surface area contributed by atoms with Crippen LogP contribution >= 0.6 is 0 Å². The van der Waals surface area contributed by atoms with E-state index in [-0.39, 0.29) is 12.4 Å². The number of anilines is 1. The summed E-state index contributed by atoms with van der Waals surface area (Å²) in [5.41, 5.74) is 1.32. The Morgan fingerprint density at radius 2 is 1.38 bits per heavy atom. The molecule has 3 amide bonds. The van der Waals surface area contributed by atoms with E-state index >= 15 is 0 Å². The van der Waals surface area contributed by atoms with Gasteiger partial charge in [-0.25, -0.2) is 9.18 Å². The molecule has 0 unspecified atom stereocenters. The summed E-state index contributed by atoms with van der Waals surface area (Å²) in [5, 5.41) is 4.68. The Balaban J connectivity index is 1.49. The zero-order valence-electron chi connectivity index (χ0n) is 15.2. The van der Waals surface area contributed by atoms with Crippen LogP contribution in [0, 0.1) is 5.82 Å². The number of benzene rings is 3. The van der Waals surface area contributed by atoms with Crippen molar-refractivity contribution in [2.75, 3.05) is 11.9 Å². The Bertz CT molecular complexity index is 1000. The molecular formula is C22H17FN2O4. The van der Waals surface area contributed by atoms with E-state index in [1.165, 1.54) is 36.4 Å². The molecule has 0 aliphatic rings. The second-order valence-corrected chi connectivity index (χ2v) is 6.02. The van der Waals surface area contributed by atoms with E-state index in [0.717, 1.165) is 0 Å². The molecule has 3 rings (SSSR count). The van der Waals surface area contributed by atoms with Crippen LogP contribution in [-0.2, 0) is 4.79 Å². The molecule has 0 saturated heterocycles. The Morgan fingerprint density at radius 1 is 0.793 bits per heavy atom. The number of hydrogen-bond donors (Lipinski definition) is 2. The SMILES string of the molecule is O=C(COc1ccc(C(=O)c2ccc(F)cc2)cc1)NC(=O)Nc1ccccc1. The fourth-order valence-corrected chi connectivity index (χ4v) is 2.47. The predicted molar refractivity (Wildman–Crippen MR) is 105 cm³/mol. The first-order chi connectivity index (χ1) is 14.0. The van der Waals surface area contributed by atoms with Crippen molar-refractivity contribution < 1.29 is 23.5 Å². The molecule has 0 radical (unpaired) electrons. The summed E-state index contributed by atoms with van der Waals surface area (Å²) < 4.78 is 18.3. The molecule has 0 aromatic heterocycles. The number of carbonyl (C=O) groups excluding carboxylic acids is 3. The van der Waals surface area contributed by atoms with Gasteiger partial charge in [-0.2, -0.15) is 0 Å². The molecule has 0 atom stereocenters. The van der Waals surface area contributed by atoms with E-state index in [2.05, 4.69) is 10.6 Å². The van der Waals surface area contributed by atoms with E-state index in [1.54, 1.807) is 42.5 Å². The maximum absolute atomic E-state index is 13.0. The van der Waals surface area contributed by atoms with E-state index in [0.29, 0.717) is 22.6 Å². The number of amides is 3. The van der Waals surface area contributed by atoms with E-state index < -0.39 is 17.8 Å². The average molecular weight is 392 g/mol. The predicted octanol–water partition coefficient (Wildman–Crippen LogP) is 3.78. The van der Waals surface area contributed by atoms with Crippen molar-refractivity contribution in [1.82, 2.24) is 5.32 Å². The van der Waals surface area contributed by atoms with Gasteiger partial charge in [0, 0.05) is 16.8 Å². The number of ether oxygens (including phenoxy) is 1.